The van der Waals surface area contributed by atoms with Crippen molar-refractivity contribution in [1.82, 2.24) is 20.4 Å². The lowest BCUT2D eigenvalue weighted by Gasteiger charge is -1.96. The normalized spacial score (nSPS) is 12.4. The highest BCUT2D eigenvalue weighted by Gasteiger charge is 2.09. The standard InChI is InChI=1S/C7H15N8/c1-6(10-8-3)11-9-5-15-13-7(2)12-14(15)4/h9H,5H2,1-4H3/q+1. The van der Waals surface area contributed by atoms with Crippen molar-refractivity contribution < 1.29 is 4.80 Å². The Morgan fingerprint density at radius 2 is 2.33 bits per heavy atom. The number of aromatic nitrogens is 4. The molecule has 1 aromatic heterocycles. The minimum absolute atomic E-state index is 0.438. The zero-order valence-corrected chi connectivity index (χ0v) is 9.34. The summed E-state index contributed by atoms with van der Waals surface area (Å²) in [5, 5.41) is 19.5. The van der Waals surface area contributed by atoms with Gasteiger partial charge in [-0.25, -0.2) is 0 Å². The van der Waals surface area contributed by atoms with E-state index in [0.717, 1.165) is 0 Å². The van der Waals surface area contributed by atoms with Crippen LogP contribution in [0.1, 0.15) is 12.7 Å². The molecule has 0 bridgehead atoms. The second-order valence-electron chi connectivity index (χ2n) is 2.88. The molecule has 1 N–H and O–H groups in total. The van der Waals surface area contributed by atoms with E-state index in [1.54, 1.807) is 23.6 Å². The van der Waals surface area contributed by atoms with Gasteiger partial charge < -0.3 is 0 Å². The van der Waals surface area contributed by atoms with E-state index in [1.165, 1.54) is 0 Å². The molecule has 82 valence electrons. The number of amidine groups is 1. The Labute approximate surface area is 87.7 Å². The molecule has 0 fully saturated rings. The molecule has 15 heavy (non-hydrogen) atoms. The van der Waals surface area contributed by atoms with Crippen molar-refractivity contribution >= 4 is 5.84 Å². The number of hydrogen-bond acceptors (Lipinski definition) is 5. The van der Waals surface area contributed by atoms with Crippen LogP contribution in [-0.2, 0) is 13.7 Å². The smallest absolute Gasteiger partial charge is 0.281 e. The number of hydrazone groups is 1. The molecule has 0 unspecified atom stereocenters. The molecule has 1 heterocycles. The molecule has 0 aliphatic heterocycles. The Balaban J connectivity index is 2.51. The molecule has 0 saturated heterocycles. The number of nitrogens with zero attached hydrogens (tertiary/aromatic N) is 7. The van der Waals surface area contributed by atoms with Gasteiger partial charge in [0, 0.05) is 14.0 Å². The van der Waals surface area contributed by atoms with Crippen LogP contribution in [-0.4, -0.2) is 27.9 Å². The van der Waals surface area contributed by atoms with Crippen molar-refractivity contribution in [2.24, 2.45) is 22.4 Å². The Morgan fingerprint density at radius 1 is 1.60 bits per heavy atom. The third-order valence-corrected chi connectivity index (χ3v) is 1.58. The molecule has 8 nitrogen and oxygen atoms in total. The van der Waals surface area contributed by atoms with Crippen LogP contribution in [0.4, 0.5) is 0 Å². The van der Waals surface area contributed by atoms with E-state index in [1.807, 2.05) is 14.0 Å². The summed E-state index contributed by atoms with van der Waals surface area (Å²) in [6.45, 7) is 4.02. The van der Waals surface area contributed by atoms with Crippen molar-refractivity contribution in [3.8, 4) is 0 Å². The minimum Gasteiger partial charge on any atom is -0.281 e. The van der Waals surface area contributed by atoms with Gasteiger partial charge in [-0.15, -0.1) is 5.11 Å². The van der Waals surface area contributed by atoms with Crippen molar-refractivity contribution in [1.29, 1.82) is 0 Å². The monoisotopic (exact) mass is 211 g/mol. The molecule has 0 saturated carbocycles. The maximum absolute atomic E-state index is 4.14. The molecule has 1 rings (SSSR count). The quantitative estimate of drug-likeness (QED) is 0.237. The fourth-order valence-corrected chi connectivity index (χ4v) is 1.03. The number of hydrogen-bond donors (Lipinski definition) is 1. The molecule has 0 radical (unpaired) electrons. The first kappa shape index (κ1) is 11.2. The lowest BCUT2D eigenvalue weighted by molar-refractivity contribution is -0.809. The van der Waals surface area contributed by atoms with E-state index in [-0.39, 0.29) is 0 Å². The van der Waals surface area contributed by atoms with Crippen LogP contribution in [0.2, 0.25) is 0 Å². The van der Waals surface area contributed by atoms with Gasteiger partial charge in [-0.05, 0) is 16.8 Å². The van der Waals surface area contributed by atoms with Crippen LogP contribution in [0.25, 0.3) is 0 Å². The van der Waals surface area contributed by atoms with Crippen LogP contribution < -0.4 is 10.2 Å². The van der Waals surface area contributed by atoms with Gasteiger partial charge in [0.2, 0.25) is 0 Å². The lowest BCUT2D eigenvalue weighted by atomic mass is 10.7. The van der Waals surface area contributed by atoms with Crippen molar-refractivity contribution in [3.05, 3.63) is 5.82 Å². The zero-order chi connectivity index (χ0) is 11.3. The molecular weight excluding hydrogens is 196 g/mol. The Morgan fingerprint density at radius 3 is 2.87 bits per heavy atom. The summed E-state index contributed by atoms with van der Waals surface area (Å²) in [5.41, 5.74) is 2.81. The Hall–Kier alpha value is -1.86. The maximum atomic E-state index is 4.14. The number of rotatable bonds is 3. The average Bonchev–Trinajstić information content (AvgIpc) is 2.46. The molecule has 0 aliphatic rings. The molecule has 8 heteroatoms. The first-order valence-electron chi connectivity index (χ1n) is 4.48. The lowest BCUT2D eigenvalue weighted by Crippen LogP contribution is -2.44. The van der Waals surface area contributed by atoms with E-state index in [0.29, 0.717) is 18.3 Å². The first-order valence-corrected chi connectivity index (χ1v) is 4.48. The van der Waals surface area contributed by atoms with Gasteiger partial charge in [0.15, 0.2) is 12.5 Å². The van der Waals surface area contributed by atoms with Gasteiger partial charge in [0.05, 0.1) is 5.10 Å². The van der Waals surface area contributed by atoms with Crippen LogP contribution in [0.5, 0.6) is 0 Å². The van der Waals surface area contributed by atoms with Crippen molar-refractivity contribution in [3.63, 3.8) is 0 Å². The highest BCUT2D eigenvalue weighted by molar-refractivity contribution is 5.79. The number of aryl methyl sites for hydroxylation is 2. The highest BCUT2D eigenvalue weighted by Crippen LogP contribution is 1.80. The molecule has 0 atom stereocenters. The van der Waals surface area contributed by atoms with E-state index < -0.39 is 0 Å². The second kappa shape index (κ2) is 5.13. The van der Waals surface area contributed by atoms with Crippen molar-refractivity contribution in [2.45, 2.75) is 20.5 Å². The topological polar surface area (TPSA) is 83.7 Å². The molecule has 0 aromatic carbocycles. The van der Waals surface area contributed by atoms with E-state index in [2.05, 4.69) is 31.0 Å². The second-order valence-corrected chi connectivity index (χ2v) is 2.88. The van der Waals surface area contributed by atoms with Crippen molar-refractivity contribution in [2.75, 3.05) is 7.05 Å². The summed E-state index contributed by atoms with van der Waals surface area (Å²) in [6, 6.07) is 0. The molecule has 0 aliphatic carbocycles. The summed E-state index contributed by atoms with van der Waals surface area (Å²) in [6.07, 6.45) is 0. The zero-order valence-electron chi connectivity index (χ0n) is 9.34. The SMILES string of the molecule is CN=NC(C)=NNCn1nc(C)n[n+]1C. The van der Waals surface area contributed by atoms with Gasteiger partial charge >= 0.3 is 5.82 Å². The summed E-state index contributed by atoms with van der Waals surface area (Å²) < 4.78 is 0. The minimum atomic E-state index is 0.438. The van der Waals surface area contributed by atoms with E-state index >= 15 is 0 Å². The third kappa shape index (κ3) is 3.41. The fourth-order valence-electron chi connectivity index (χ4n) is 1.03. The largest absolute Gasteiger partial charge is 0.305 e. The number of tetrazole rings is 1. The molecule has 0 spiro atoms. The molecular formula is C7H15N8+. The van der Waals surface area contributed by atoms with Crippen LogP contribution >= 0.6 is 0 Å². The molecule has 1 aromatic rings. The third-order valence-electron chi connectivity index (χ3n) is 1.58. The van der Waals surface area contributed by atoms with Crippen LogP contribution in [0.15, 0.2) is 15.3 Å². The van der Waals surface area contributed by atoms with Crippen LogP contribution in [0, 0.1) is 6.92 Å². The first-order chi connectivity index (χ1) is 7.13. The van der Waals surface area contributed by atoms with Crippen LogP contribution in [0.3, 0.4) is 0 Å². The summed E-state index contributed by atoms with van der Waals surface area (Å²) in [4.78, 5) is 3.28. The predicted octanol–water partition coefficient (Wildman–Crippen LogP) is -0.626. The Bertz CT molecular complexity index is 376. The fraction of sp³-hybridized carbons (Fsp3) is 0.714. The van der Waals surface area contributed by atoms with Gasteiger partial charge in [0.25, 0.3) is 0 Å². The van der Waals surface area contributed by atoms with E-state index in [4.69, 9.17) is 0 Å². The average molecular weight is 211 g/mol. The molecule has 0 amide bonds. The Kier molecular flexibility index (Phi) is 3.83. The van der Waals surface area contributed by atoms with Gasteiger partial charge in [-0.1, -0.05) is 4.80 Å². The number of azo groups is 1. The predicted molar refractivity (Wildman–Crippen MR) is 53.0 cm³/mol. The summed E-state index contributed by atoms with van der Waals surface area (Å²) in [7, 11) is 3.41. The van der Waals surface area contributed by atoms with Gasteiger partial charge in [-0.3, -0.25) is 5.43 Å². The summed E-state index contributed by atoms with van der Waals surface area (Å²) in [5.74, 6) is 1.28. The maximum Gasteiger partial charge on any atom is 0.305 e. The van der Waals surface area contributed by atoms with E-state index in [9.17, 15) is 0 Å². The highest BCUT2D eigenvalue weighted by atomic mass is 15.7. The van der Waals surface area contributed by atoms with Gasteiger partial charge in [-0.2, -0.15) is 10.2 Å². The number of nitrogens with one attached hydrogen (secondary N) is 1. The van der Waals surface area contributed by atoms with Gasteiger partial charge in [0.1, 0.15) is 7.05 Å². The summed E-state index contributed by atoms with van der Waals surface area (Å²) >= 11 is 0.